The summed E-state index contributed by atoms with van der Waals surface area (Å²) in [6, 6.07) is -0.903. The van der Waals surface area contributed by atoms with E-state index >= 15 is 0 Å². The van der Waals surface area contributed by atoms with Crippen LogP contribution < -0.4 is 10.2 Å². The number of carbonyl (C=O) groups excluding carboxylic acids is 1. The summed E-state index contributed by atoms with van der Waals surface area (Å²) in [6.45, 7) is 4.61. The van der Waals surface area contributed by atoms with Gasteiger partial charge in [0.1, 0.15) is 13.2 Å². The predicted octanol–water partition coefficient (Wildman–Crippen LogP) is 12.1. The topological polar surface area (TPSA) is 108 Å². The number of amides is 1. The number of hydrogen-bond donors (Lipinski definition) is 2. The summed E-state index contributed by atoms with van der Waals surface area (Å²) < 4.78 is 23.2. The molecule has 0 saturated heterocycles. The molecule has 9 heteroatoms. The molecule has 0 aromatic carbocycles. The Bertz CT molecular complexity index is 995. The fourth-order valence-electron chi connectivity index (χ4n) is 6.40. The van der Waals surface area contributed by atoms with Crippen molar-refractivity contribution in [1.82, 2.24) is 5.32 Å². The van der Waals surface area contributed by atoms with E-state index in [1.165, 1.54) is 141 Å². The predicted molar refractivity (Wildman–Crippen MR) is 233 cm³/mol. The van der Waals surface area contributed by atoms with Gasteiger partial charge in [-0.05, 0) is 57.8 Å². The first-order valence-electron chi connectivity index (χ1n) is 22.9. The van der Waals surface area contributed by atoms with Crippen LogP contribution >= 0.6 is 7.82 Å². The molecular formula is C46H89N2O6P. The highest BCUT2D eigenvalue weighted by Gasteiger charge is 2.23. The van der Waals surface area contributed by atoms with Crippen LogP contribution in [0.2, 0.25) is 0 Å². The average molecular weight is 797 g/mol. The molecule has 0 aromatic rings. The lowest BCUT2D eigenvalue weighted by atomic mass is 10.1. The van der Waals surface area contributed by atoms with Gasteiger partial charge in [0.15, 0.2) is 0 Å². The van der Waals surface area contributed by atoms with Crippen LogP contribution in [0.15, 0.2) is 36.5 Å². The molecule has 0 aliphatic carbocycles. The van der Waals surface area contributed by atoms with Crippen molar-refractivity contribution in [3.05, 3.63) is 36.5 Å². The van der Waals surface area contributed by atoms with Crippen LogP contribution in [0.1, 0.15) is 200 Å². The Morgan fingerprint density at radius 2 is 1.02 bits per heavy atom. The molecule has 0 heterocycles. The Morgan fingerprint density at radius 3 is 1.47 bits per heavy atom. The molecule has 3 atom stereocenters. The first-order valence-corrected chi connectivity index (χ1v) is 24.3. The van der Waals surface area contributed by atoms with Crippen molar-refractivity contribution < 1.29 is 32.9 Å². The lowest BCUT2D eigenvalue weighted by molar-refractivity contribution is -0.870. The van der Waals surface area contributed by atoms with Gasteiger partial charge in [-0.1, -0.05) is 172 Å². The molecule has 0 fully saturated rings. The number of phosphoric ester groups is 1. The number of nitrogens with one attached hydrogen (secondary N) is 1. The van der Waals surface area contributed by atoms with Gasteiger partial charge in [-0.2, -0.15) is 0 Å². The second kappa shape index (κ2) is 38.2. The van der Waals surface area contributed by atoms with Gasteiger partial charge in [0.05, 0.1) is 39.9 Å². The van der Waals surface area contributed by atoms with Crippen LogP contribution in [-0.4, -0.2) is 68.5 Å². The minimum Gasteiger partial charge on any atom is -0.756 e. The van der Waals surface area contributed by atoms with Gasteiger partial charge in [-0.15, -0.1) is 0 Å². The van der Waals surface area contributed by atoms with E-state index in [1.54, 1.807) is 6.08 Å². The number of quaternary nitrogens is 1. The van der Waals surface area contributed by atoms with Crippen molar-refractivity contribution in [2.24, 2.45) is 0 Å². The quantitative estimate of drug-likeness (QED) is 0.0276. The summed E-state index contributed by atoms with van der Waals surface area (Å²) in [5.41, 5.74) is 0. The minimum atomic E-state index is -4.59. The summed E-state index contributed by atoms with van der Waals surface area (Å²) in [5.74, 6) is -0.213. The number of nitrogens with zero attached hydrogens (tertiary/aromatic N) is 1. The first-order chi connectivity index (χ1) is 26.5. The molecule has 8 nitrogen and oxygen atoms in total. The molecule has 0 bridgehead atoms. The standard InChI is InChI=1S/C46H89N2O6P/c1-6-8-10-12-14-16-18-20-21-22-23-24-25-26-28-30-32-34-36-38-40-46(50)47-44(43-54-55(51,52)53-42-41-48(3,4)5)45(49)39-37-35-33-31-29-27-19-17-15-13-11-9-7-2/h23-24,29,31,37,39,44-45,49H,6-22,25-28,30,32-36,38,40-43H2,1-5H3,(H-,47,50,51,52)/b24-23-,31-29+,39-37+. The zero-order chi connectivity index (χ0) is 40.7. The molecule has 0 saturated carbocycles. The number of phosphoric acid groups is 1. The summed E-state index contributed by atoms with van der Waals surface area (Å²) in [4.78, 5) is 25.3. The van der Waals surface area contributed by atoms with Crippen molar-refractivity contribution in [2.45, 2.75) is 212 Å². The van der Waals surface area contributed by atoms with Crippen molar-refractivity contribution in [2.75, 3.05) is 40.9 Å². The van der Waals surface area contributed by atoms with Crippen LogP contribution in [0.3, 0.4) is 0 Å². The monoisotopic (exact) mass is 797 g/mol. The zero-order valence-corrected chi connectivity index (χ0v) is 37.5. The van der Waals surface area contributed by atoms with Crippen molar-refractivity contribution in [3.8, 4) is 0 Å². The molecule has 0 radical (unpaired) electrons. The molecule has 0 aliphatic heterocycles. The van der Waals surface area contributed by atoms with Gasteiger partial charge < -0.3 is 28.8 Å². The van der Waals surface area contributed by atoms with E-state index in [-0.39, 0.29) is 12.5 Å². The van der Waals surface area contributed by atoms with E-state index < -0.39 is 26.6 Å². The van der Waals surface area contributed by atoms with Crippen LogP contribution in [0.25, 0.3) is 0 Å². The van der Waals surface area contributed by atoms with E-state index in [0.29, 0.717) is 17.4 Å². The molecule has 2 N–H and O–H groups in total. The van der Waals surface area contributed by atoms with Gasteiger partial charge in [0, 0.05) is 6.42 Å². The van der Waals surface area contributed by atoms with Gasteiger partial charge in [0.2, 0.25) is 5.91 Å². The van der Waals surface area contributed by atoms with Crippen molar-refractivity contribution >= 4 is 13.7 Å². The lowest BCUT2D eigenvalue weighted by Crippen LogP contribution is -2.45. The molecule has 324 valence electrons. The molecule has 55 heavy (non-hydrogen) atoms. The number of unbranched alkanes of at least 4 members (excludes halogenated alkanes) is 24. The SMILES string of the molecule is CCCCCCCCC/C=C/CC/C=C/C(O)C(COP(=O)([O-])OCC[N+](C)(C)C)NC(=O)CCCCCCCCC/C=C\CCCCCCCCCCC. The first kappa shape index (κ1) is 53.7. The van der Waals surface area contributed by atoms with Gasteiger partial charge in [0.25, 0.3) is 7.82 Å². The summed E-state index contributed by atoms with van der Waals surface area (Å²) in [5, 5.41) is 13.7. The van der Waals surface area contributed by atoms with Crippen LogP contribution in [-0.2, 0) is 18.4 Å². The smallest absolute Gasteiger partial charge is 0.268 e. The van der Waals surface area contributed by atoms with E-state index in [2.05, 4.69) is 43.5 Å². The molecule has 0 spiro atoms. The molecule has 0 aliphatic rings. The fourth-order valence-corrected chi connectivity index (χ4v) is 7.12. The Morgan fingerprint density at radius 1 is 0.618 bits per heavy atom. The normalized spacial score (nSPS) is 14.7. The number of rotatable bonds is 41. The number of hydrogen-bond acceptors (Lipinski definition) is 6. The molecule has 1 amide bonds. The van der Waals surface area contributed by atoms with Crippen LogP contribution in [0, 0.1) is 0 Å². The summed E-state index contributed by atoms with van der Waals surface area (Å²) >= 11 is 0. The second-order valence-electron chi connectivity index (χ2n) is 16.7. The highest BCUT2D eigenvalue weighted by atomic mass is 31.2. The number of likely N-dealkylation sites (N-methyl/N-ethyl adjacent to an activating group) is 1. The lowest BCUT2D eigenvalue weighted by Gasteiger charge is -2.29. The third-order valence-electron chi connectivity index (χ3n) is 10.1. The molecule has 0 aromatic heterocycles. The average Bonchev–Trinajstić information content (AvgIpc) is 3.13. The fraction of sp³-hybridized carbons (Fsp3) is 0.848. The third kappa shape index (κ3) is 40.7. The number of aliphatic hydroxyl groups is 1. The van der Waals surface area contributed by atoms with Crippen LogP contribution in [0.4, 0.5) is 0 Å². The van der Waals surface area contributed by atoms with Crippen LogP contribution in [0.5, 0.6) is 0 Å². The summed E-state index contributed by atoms with van der Waals surface area (Å²) in [7, 11) is 1.24. The maximum Gasteiger partial charge on any atom is 0.268 e. The Labute approximate surface area is 340 Å². The zero-order valence-electron chi connectivity index (χ0n) is 36.6. The van der Waals surface area contributed by atoms with Crippen molar-refractivity contribution in [1.29, 1.82) is 0 Å². The number of allylic oxidation sites excluding steroid dienone is 5. The number of aliphatic hydroxyl groups excluding tert-OH is 1. The van der Waals surface area contributed by atoms with Gasteiger partial charge in [-0.25, -0.2) is 0 Å². The Balaban J connectivity index is 4.39. The molecule has 3 unspecified atom stereocenters. The highest BCUT2D eigenvalue weighted by molar-refractivity contribution is 7.45. The van der Waals surface area contributed by atoms with Gasteiger partial charge >= 0.3 is 0 Å². The molecule has 0 rings (SSSR count). The van der Waals surface area contributed by atoms with Crippen molar-refractivity contribution in [3.63, 3.8) is 0 Å². The van der Waals surface area contributed by atoms with E-state index in [4.69, 9.17) is 9.05 Å². The number of carbonyl (C=O) groups is 1. The van der Waals surface area contributed by atoms with Gasteiger partial charge in [-0.3, -0.25) is 9.36 Å². The summed E-state index contributed by atoms with van der Waals surface area (Å²) in [6.07, 6.45) is 46.2. The van der Waals surface area contributed by atoms with E-state index in [1.807, 2.05) is 27.2 Å². The Kier molecular flexibility index (Phi) is 37.4. The van der Waals surface area contributed by atoms with E-state index in [9.17, 15) is 19.4 Å². The maximum atomic E-state index is 12.8. The molecular weight excluding hydrogens is 707 g/mol. The Hall–Kier alpha value is -1.28. The third-order valence-corrected chi connectivity index (χ3v) is 11.0. The minimum absolute atomic E-state index is 0.00722. The highest BCUT2D eigenvalue weighted by Crippen LogP contribution is 2.38. The largest absolute Gasteiger partial charge is 0.756 e. The van der Waals surface area contributed by atoms with E-state index in [0.717, 1.165) is 38.5 Å². The maximum absolute atomic E-state index is 12.8. The second-order valence-corrected chi connectivity index (χ2v) is 18.2.